The van der Waals surface area contributed by atoms with Gasteiger partial charge in [0.25, 0.3) is 0 Å². The number of imidazole rings is 1. The smallest absolute Gasteiger partial charge is 0.169 e. The van der Waals surface area contributed by atoms with Gasteiger partial charge in [-0.05, 0) is 50.3 Å². The quantitative estimate of drug-likeness (QED) is 0.351. The summed E-state index contributed by atoms with van der Waals surface area (Å²) in [5, 5.41) is 4.93. The van der Waals surface area contributed by atoms with Crippen molar-refractivity contribution in [1.82, 2.24) is 14.7 Å². The molecule has 5 rings (SSSR count). The molecule has 154 valence electrons. The molecule has 1 aliphatic heterocycles. The van der Waals surface area contributed by atoms with Gasteiger partial charge in [-0.15, -0.1) is 11.3 Å². The molecule has 7 heteroatoms. The molecule has 1 aliphatic rings. The maximum atomic E-state index is 6.14. The van der Waals surface area contributed by atoms with Crippen LogP contribution >= 0.6 is 22.9 Å². The van der Waals surface area contributed by atoms with Crippen LogP contribution in [0.4, 0.5) is 0 Å². The van der Waals surface area contributed by atoms with Gasteiger partial charge in [-0.1, -0.05) is 28.9 Å². The van der Waals surface area contributed by atoms with Crippen LogP contribution < -0.4 is 0 Å². The summed E-state index contributed by atoms with van der Waals surface area (Å²) < 4.78 is 7.61. The Morgan fingerprint density at radius 1 is 1.13 bits per heavy atom. The first-order chi connectivity index (χ1) is 14.9. The molecule has 0 amide bonds. The number of benzene rings is 1. The molecule has 3 aromatic heterocycles. The summed E-state index contributed by atoms with van der Waals surface area (Å²) in [6.45, 7) is 6.11. The van der Waals surface area contributed by atoms with Crippen LogP contribution in [0.3, 0.4) is 0 Å². The standard InChI is InChI=1S/C24H19ClN4OS/c1-13-19(10-9-18-11-26-12-29(18)4)31-24-20(13)22(16-5-7-17(25)8-6-16)27-15(3)23-21(24)14(2)28-30-23/h5-8,11-12,15H,1-4H3/t15-/m0/s1. The van der Waals surface area contributed by atoms with Gasteiger partial charge in [0.15, 0.2) is 5.76 Å². The minimum absolute atomic E-state index is 0.148. The van der Waals surface area contributed by atoms with E-state index in [0.29, 0.717) is 5.02 Å². The fourth-order valence-corrected chi connectivity index (χ4v) is 5.17. The van der Waals surface area contributed by atoms with Gasteiger partial charge >= 0.3 is 0 Å². The van der Waals surface area contributed by atoms with E-state index in [1.807, 2.05) is 49.7 Å². The average Bonchev–Trinajstić information content (AvgIpc) is 3.40. The van der Waals surface area contributed by atoms with Crippen LogP contribution in [0.2, 0.25) is 5.02 Å². The van der Waals surface area contributed by atoms with Crippen LogP contribution in [0.5, 0.6) is 0 Å². The molecule has 1 aromatic carbocycles. The van der Waals surface area contributed by atoms with Gasteiger partial charge in [-0.25, -0.2) is 4.98 Å². The molecule has 4 aromatic rings. The lowest BCUT2D eigenvalue weighted by atomic mass is 9.96. The number of thiophene rings is 1. The van der Waals surface area contributed by atoms with Crippen LogP contribution in [0.1, 0.15) is 51.7 Å². The Morgan fingerprint density at radius 2 is 1.90 bits per heavy atom. The molecule has 0 saturated carbocycles. The second kappa shape index (κ2) is 7.52. The van der Waals surface area contributed by atoms with Crippen molar-refractivity contribution in [2.75, 3.05) is 0 Å². The van der Waals surface area contributed by atoms with Gasteiger partial charge in [0, 0.05) is 23.2 Å². The summed E-state index contributed by atoms with van der Waals surface area (Å²) in [5.74, 6) is 7.38. The van der Waals surface area contributed by atoms with Gasteiger partial charge < -0.3 is 9.09 Å². The summed E-state index contributed by atoms with van der Waals surface area (Å²) in [6.07, 6.45) is 3.52. The topological polar surface area (TPSA) is 56.2 Å². The van der Waals surface area contributed by atoms with Gasteiger partial charge in [0.2, 0.25) is 0 Å². The molecule has 0 unspecified atom stereocenters. The molecule has 0 radical (unpaired) electrons. The van der Waals surface area contributed by atoms with Crippen molar-refractivity contribution in [2.45, 2.75) is 26.8 Å². The van der Waals surface area contributed by atoms with Crippen LogP contribution in [-0.2, 0) is 7.05 Å². The molecule has 31 heavy (non-hydrogen) atoms. The maximum Gasteiger partial charge on any atom is 0.169 e. The predicted molar refractivity (Wildman–Crippen MR) is 124 cm³/mol. The molecule has 0 spiro atoms. The van der Waals surface area contributed by atoms with Crippen LogP contribution in [0.15, 0.2) is 46.3 Å². The van der Waals surface area contributed by atoms with Gasteiger partial charge in [0.1, 0.15) is 11.7 Å². The van der Waals surface area contributed by atoms with E-state index in [-0.39, 0.29) is 6.04 Å². The van der Waals surface area contributed by atoms with E-state index in [2.05, 4.69) is 28.9 Å². The first-order valence-corrected chi connectivity index (χ1v) is 11.1. The lowest BCUT2D eigenvalue weighted by molar-refractivity contribution is 0.366. The summed E-state index contributed by atoms with van der Waals surface area (Å²) >= 11 is 7.80. The molecule has 4 heterocycles. The molecule has 0 bridgehead atoms. The van der Waals surface area contributed by atoms with E-state index in [1.54, 1.807) is 23.9 Å². The first-order valence-electron chi connectivity index (χ1n) is 9.86. The average molecular weight is 447 g/mol. The lowest BCUT2D eigenvalue weighted by Crippen LogP contribution is -2.06. The lowest BCUT2D eigenvalue weighted by Gasteiger charge is -2.09. The molecule has 5 nitrogen and oxygen atoms in total. The maximum absolute atomic E-state index is 6.14. The number of aliphatic imine (C=N–C) groups is 1. The third kappa shape index (κ3) is 3.31. The van der Waals surface area contributed by atoms with E-state index < -0.39 is 0 Å². The molecule has 0 N–H and O–H groups in total. The number of aromatic nitrogens is 3. The Balaban J connectivity index is 1.75. The van der Waals surface area contributed by atoms with Crippen molar-refractivity contribution >= 4 is 28.6 Å². The van der Waals surface area contributed by atoms with E-state index in [0.717, 1.165) is 54.9 Å². The molecule has 0 fully saturated rings. The Labute approximate surface area is 189 Å². The zero-order valence-electron chi connectivity index (χ0n) is 17.5. The molecular weight excluding hydrogens is 428 g/mol. The fourth-order valence-electron chi connectivity index (χ4n) is 3.78. The minimum Gasteiger partial charge on any atom is -0.358 e. The predicted octanol–water partition coefficient (Wildman–Crippen LogP) is 5.72. The zero-order chi connectivity index (χ0) is 21.7. The Bertz CT molecular complexity index is 1400. The van der Waals surface area contributed by atoms with Gasteiger partial charge in [0.05, 0.1) is 39.2 Å². The highest BCUT2D eigenvalue weighted by Gasteiger charge is 2.31. The van der Waals surface area contributed by atoms with E-state index in [1.165, 1.54) is 0 Å². The Kier molecular flexibility index (Phi) is 4.81. The number of rotatable bonds is 1. The molecule has 0 saturated heterocycles. The third-order valence-electron chi connectivity index (χ3n) is 5.44. The highest BCUT2D eigenvalue weighted by Crippen LogP contribution is 2.45. The summed E-state index contributed by atoms with van der Waals surface area (Å²) in [6, 6.07) is 7.65. The normalized spacial score (nSPS) is 14.9. The van der Waals surface area contributed by atoms with E-state index in [4.69, 9.17) is 21.1 Å². The number of hydrogen-bond acceptors (Lipinski definition) is 5. The Hall–Kier alpha value is -3.14. The van der Waals surface area contributed by atoms with Crippen molar-refractivity contribution < 1.29 is 4.52 Å². The van der Waals surface area contributed by atoms with Gasteiger partial charge in [-0.2, -0.15) is 0 Å². The summed E-state index contributed by atoms with van der Waals surface area (Å²) in [7, 11) is 1.94. The molecular formula is C24H19ClN4OS. The highest BCUT2D eigenvalue weighted by atomic mass is 35.5. The summed E-state index contributed by atoms with van der Waals surface area (Å²) in [5.41, 5.74) is 6.88. The third-order valence-corrected chi connectivity index (χ3v) is 6.92. The monoisotopic (exact) mass is 446 g/mol. The first kappa shape index (κ1) is 19.8. The van der Waals surface area contributed by atoms with Gasteiger partial charge in [-0.3, -0.25) is 4.99 Å². The summed E-state index contributed by atoms with van der Waals surface area (Å²) in [4.78, 5) is 11.3. The fraction of sp³-hybridized carbons (Fsp3) is 0.208. The number of hydrogen-bond donors (Lipinski definition) is 0. The van der Waals surface area contributed by atoms with Crippen molar-refractivity contribution in [1.29, 1.82) is 0 Å². The molecule has 1 atom stereocenters. The number of fused-ring (bicyclic) bond motifs is 3. The SMILES string of the molecule is Cc1noc2c1-c1sc(C#Cc3cncn3C)c(C)c1C(c1ccc(Cl)cc1)=N[C@H]2C. The van der Waals surface area contributed by atoms with Crippen molar-refractivity contribution in [2.24, 2.45) is 12.0 Å². The number of aryl methyl sites for hydroxylation is 2. The van der Waals surface area contributed by atoms with Crippen molar-refractivity contribution in [3.05, 3.63) is 80.5 Å². The highest BCUT2D eigenvalue weighted by molar-refractivity contribution is 7.16. The number of halogens is 1. The van der Waals surface area contributed by atoms with Crippen molar-refractivity contribution in [3.63, 3.8) is 0 Å². The second-order valence-corrected chi connectivity index (χ2v) is 9.02. The Morgan fingerprint density at radius 3 is 2.61 bits per heavy atom. The van der Waals surface area contributed by atoms with Crippen LogP contribution in [0, 0.1) is 25.7 Å². The molecule has 0 aliphatic carbocycles. The largest absolute Gasteiger partial charge is 0.358 e. The van der Waals surface area contributed by atoms with E-state index >= 15 is 0 Å². The number of nitrogens with zero attached hydrogens (tertiary/aromatic N) is 4. The minimum atomic E-state index is -0.148. The van der Waals surface area contributed by atoms with E-state index in [9.17, 15) is 0 Å². The van der Waals surface area contributed by atoms with Crippen LogP contribution in [-0.4, -0.2) is 20.4 Å². The zero-order valence-corrected chi connectivity index (χ0v) is 19.1. The van der Waals surface area contributed by atoms with Crippen LogP contribution in [0.25, 0.3) is 10.4 Å². The van der Waals surface area contributed by atoms with Crippen molar-refractivity contribution in [3.8, 4) is 22.3 Å². The second-order valence-electron chi connectivity index (χ2n) is 7.57.